The van der Waals surface area contributed by atoms with Crippen LogP contribution in [0.1, 0.15) is 19.3 Å². The van der Waals surface area contributed by atoms with Gasteiger partial charge in [0.05, 0.1) is 13.0 Å². The number of hydrogen-bond donors (Lipinski definition) is 0. The molecule has 1 aliphatic carbocycles. The van der Waals surface area contributed by atoms with Crippen molar-refractivity contribution in [1.82, 2.24) is 0 Å². The molecule has 0 aromatic rings. The highest BCUT2D eigenvalue weighted by atomic mass is 79.9. The van der Waals surface area contributed by atoms with Crippen LogP contribution in [0.2, 0.25) is 0 Å². The predicted molar refractivity (Wildman–Crippen MR) is 47.0 cm³/mol. The lowest BCUT2D eigenvalue weighted by atomic mass is 9.88. The molecule has 70 valence electrons. The van der Waals surface area contributed by atoms with Crippen molar-refractivity contribution in [3.8, 4) is 0 Å². The van der Waals surface area contributed by atoms with Gasteiger partial charge in [0, 0.05) is 4.83 Å². The molecule has 0 aromatic heterocycles. The molecule has 0 heterocycles. The fourth-order valence-corrected chi connectivity index (χ4v) is 1.94. The molecule has 0 N–H and O–H groups in total. The van der Waals surface area contributed by atoms with Crippen molar-refractivity contribution in [1.29, 1.82) is 0 Å². The smallest absolute Gasteiger partial charge is 0.308 e. The highest BCUT2D eigenvalue weighted by molar-refractivity contribution is 9.09. The van der Waals surface area contributed by atoms with E-state index < -0.39 is 6.17 Å². The summed E-state index contributed by atoms with van der Waals surface area (Å²) in [5.74, 6) is -0.518. The van der Waals surface area contributed by atoms with Gasteiger partial charge >= 0.3 is 5.97 Å². The predicted octanol–water partition coefficient (Wildman–Crippen LogP) is 2.06. The standard InChI is InChI=1S/C8H12BrFO2/c1-12-8(11)5-2-3-6(9)7(10)4-5/h5-7H,2-4H2,1H3/t5-,6-,7+/m0/s1. The summed E-state index contributed by atoms with van der Waals surface area (Å²) in [5, 5.41) is 0. The van der Waals surface area contributed by atoms with E-state index in [9.17, 15) is 9.18 Å². The van der Waals surface area contributed by atoms with Crippen molar-refractivity contribution < 1.29 is 13.9 Å². The summed E-state index contributed by atoms with van der Waals surface area (Å²) >= 11 is 3.23. The Morgan fingerprint density at radius 2 is 2.25 bits per heavy atom. The maximum atomic E-state index is 13.1. The molecule has 4 heteroatoms. The van der Waals surface area contributed by atoms with Crippen molar-refractivity contribution in [2.45, 2.75) is 30.3 Å². The first-order chi connectivity index (χ1) is 5.65. The van der Waals surface area contributed by atoms with Crippen LogP contribution in [0.25, 0.3) is 0 Å². The Morgan fingerprint density at radius 1 is 1.58 bits per heavy atom. The third-order valence-electron chi connectivity index (χ3n) is 2.23. The number of halogens is 2. The van der Waals surface area contributed by atoms with E-state index in [1.807, 2.05) is 0 Å². The monoisotopic (exact) mass is 238 g/mol. The molecule has 0 spiro atoms. The first-order valence-electron chi connectivity index (χ1n) is 4.01. The maximum absolute atomic E-state index is 13.1. The summed E-state index contributed by atoms with van der Waals surface area (Å²) in [7, 11) is 1.34. The van der Waals surface area contributed by atoms with Crippen molar-refractivity contribution in [3.63, 3.8) is 0 Å². The van der Waals surface area contributed by atoms with Gasteiger partial charge in [-0.25, -0.2) is 4.39 Å². The quantitative estimate of drug-likeness (QED) is 0.517. The van der Waals surface area contributed by atoms with Gasteiger partial charge in [-0.3, -0.25) is 4.79 Å². The van der Waals surface area contributed by atoms with Crippen molar-refractivity contribution in [3.05, 3.63) is 0 Å². The number of hydrogen-bond acceptors (Lipinski definition) is 2. The molecule has 0 saturated heterocycles. The van der Waals surface area contributed by atoms with Crippen molar-refractivity contribution >= 4 is 21.9 Å². The first-order valence-corrected chi connectivity index (χ1v) is 4.92. The van der Waals surface area contributed by atoms with Crippen LogP contribution in [0.15, 0.2) is 0 Å². The molecular weight excluding hydrogens is 227 g/mol. The van der Waals surface area contributed by atoms with Gasteiger partial charge in [-0.15, -0.1) is 0 Å². The Morgan fingerprint density at radius 3 is 2.75 bits per heavy atom. The van der Waals surface area contributed by atoms with Gasteiger partial charge in [0.25, 0.3) is 0 Å². The molecule has 0 unspecified atom stereocenters. The van der Waals surface area contributed by atoms with Crippen LogP contribution in [0.5, 0.6) is 0 Å². The fraction of sp³-hybridized carbons (Fsp3) is 0.875. The first kappa shape index (κ1) is 9.96. The molecule has 0 bridgehead atoms. The second kappa shape index (κ2) is 4.21. The van der Waals surface area contributed by atoms with Gasteiger partial charge in [-0.05, 0) is 19.3 Å². The molecule has 1 rings (SSSR count). The Labute approximate surface area is 79.6 Å². The SMILES string of the molecule is COC(=O)[C@H]1CC[C@H](Br)[C@H](F)C1. The highest BCUT2D eigenvalue weighted by Gasteiger charge is 2.32. The number of alkyl halides is 2. The molecule has 0 aliphatic heterocycles. The van der Waals surface area contributed by atoms with Crippen molar-refractivity contribution in [2.75, 3.05) is 7.11 Å². The second-order valence-corrected chi connectivity index (χ2v) is 4.24. The summed E-state index contributed by atoms with van der Waals surface area (Å²) < 4.78 is 17.6. The molecule has 0 amide bonds. The summed E-state index contributed by atoms with van der Waals surface area (Å²) in [4.78, 5) is 10.9. The largest absolute Gasteiger partial charge is 0.469 e. The Bertz CT molecular complexity index is 174. The normalized spacial score (nSPS) is 36.1. The molecule has 3 atom stereocenters. The molecule has 12 heavy (non-hydrogen) atoms. The number of carbonyl (C=O) groups is 1. The lowest BCUT2D eigenvalue weighted by Gasteiger charge is -2.26. The van der Waals surface area contributed by atoms with Crippen LogP contribution in [0.3, 0.4) is 0 Å². The highest BCUT2D eigenvalue weighted by Crippen LogP contribution is 2.31. The summed E-state index contributed by atoms with van der Waals surface area (Å²) in [6, 6.07) is 0. The van der Waals surface area contributed by atoms with Crippen LogP contribution in [0, 0.1) is 5.92 Å². The third kappa shape index (κ3) is 2.19. The second-order valence-electron chi connectivity index (χ2n) is 3.07. The van der Waals surface area contributed by atoms with E-state index >= 15 is 0 Å². The lowest BCUT2D eigenvalue weighted by Crippen LogP contribution is -2.31. The van der Waals surface area contributed by atoms with E-state index in [4.69, 9.17) is 0 Å². The zero-order chi connectivity index (χ0) is 9.14. The molecule has 0 radical (unpaired) electrons. The maximum Gasteiger partial charge on any atom is 0.308 e. The fourth-order valence-electron chi connectivity index (χ4n) is 1.46. The third-order valence-corrected chi connectivity index (χ3v) is 3.26. The number of ether oxygens (including phenoxy) is 1. The number of methoxy groups -OCH3 is 1. The van der Waals surface area contributed by atoms with Gasteiger partial charge in [-0.2, -0.15) is 0 Å². The summed E-state index contributed by atoms with van der Waals surface area (Å²) in [6.45, 7) is 0. The van der Waals surface area contributed by atoms with Crippen molar-refractivity contribution in [2.24, 2.45) is 5.92 Å². The Hall–Kier alpha value is -0.120. The topological polar surface area (TPSA) is 26.3 Å². The van der Waals surface area contributed by atoms with E-state index in [0.717, 1.165) is 6.42 Å². The number of esters is 1. The van der Waals surface area contributed by atoms with Gasteiger partial charge < -0.3 is 4.74 Å². The van der Waals surface area contributed by atoms with Crippen LogP contribution in [-0.2, 0) is 9.53 Å². The van der Waals surface area contributed by atoms with E-state index in [1.165, 1.54) is 7.11 Å². The molecule has 1 saturated carbocycles. The summed E-state index contributed by atoms with van der Waals surface area (Å²) in [5.41, 5.74) is 0. The van der Waals surface area contributed by atoms with Crippen LogP contribution < -0.4 is 0 Å². The lowest BCUT2D eigenvalue weighted by molar-refractivity contribution is -0.147. The van der Waals surface area contributed by atoms with Gasteiger partial charge in [-0.1, -0.05) is 15.9 Å². The van der Waals surface area contributed by atoms with E-state index in [0.29, 0.717) is 12.8 Å². The van der Waals surface area contributed by atoms with E-state index in [2.05, 4.69) is 20.7 Å². The van der Waals surface area contributed by atoms with Crippen LogP contribution >= 0.6 is 15.9 Å². The van der Waals surface area contributed by atoms with Crippen LogP contribution in [-0.4, -0.2) is 24.1 Å². The van der Waals surface area contributed by atoms with Gasteiger partial charge in [0.15, 0.2) is 0 Å². The minimum absolute atomic E-state index is 0.0848. The molecule has 1 aliphatic rings. The van der Waals surface area contributed by atoms with Gasteiger partial charge in [0.2, 0.25) is 0 Å². The Kier molecular flexibility index (Phi) is 3.50. The molecule has 2 nitrogen and oxygen atoms in total. The minimum Gasteiger partial charge on any atom is -0.469 e. The Balaban J connectivity index is 2.45. The van der Waals surface area contributed by atoms with Crippen LogP contribution in [0.4, 0.5) is 4.39 Å². The zero-order valence-electron chi connectivity index (χ0n) is 6.93. The minimum atomic E-state index is -0.914. The zero-order valence-corrected chi connectivity index (χ0v) is 8.51. The molecular formula is C8H12BrFO2. The molecule has 1 fully saturated rings. The van der Waals surface area contributed by atoms with Gasteiger partial charge in [0.1, 0.15) is 6.17 Å². The average molecular weight is 239 g/mol. The van der Waals surface area contributed by atoms with E-state index in [-0.39, 0.29) is 16.7 Å². The molecule has 0 aromatic carbocycles. The number of rotatable bonds is 1. The summed E-state index contributed by atoms with van der Waals surface area (Å²) in [6.07, 6.45) is 0.815. The number of carbonyl (C=O) groups excluding carboxylic acids is 1. The van der Waals surface area contributed by atoms with E-state index in [1.54, 1.807) is 0 Å². The average Bonchev–Trinajstić information content (AvgIpc) is 2.08.